The maximum Gasteiger partial charge on any atom is 0.317 e. The Hall–Kier alpha value is -1.82. The van der Waals surface area contributed by atoms with Crippen LogP contribution in [0.4, 0.5) is 9.18 Å². The standard InChI is InChI=1S/C17H23FN2O3/c1-12(23-15-6-4-14(18)5-7-15)10-19-17(21)20-8-9-22-11-16(20)13-2-3-13/h4-7,12-13,16H,2-3,8-11H2,1H3,(H,19,21). The van der Waals surface area contributed by atoms with Crippen LogP contribution in [0.15, 0.2) is 24.3 Å². The Labute approximate surface area is 135 Å². The van der Waals surface area contributed by atoms with Gasteiger partial charge in [0.15, 0.2) is 0 Å². The van der Waals surface area contributed by atoms with E-state index in [1.165, 1.54) is 25.0 Å². The van der Waals surface area contributed by atoms with Gasteiger partial charge in [-0.3, -0.25) is 0 Å². The second-order valence-corrected chi connectivity index (χ2v) is 6.24. The average molecular weight is 322 g/mol. The van der Waals surface area contributed by atoms with Crippen molar-refractivity contribution in [2.75, 3.05) is 26.3 Å². The van der Waals surface area contributed by atoms with E-state index in [4.69, 9.17) is 9.47 Å². The van der Waals surface area contributed by atoms with Crippen LogP contribution >= 0.6 is 0 Å². The van der Waals surface area contributed by atoms with Crippen LogP contribution in [0.2, 0.25) is 0 Å². The highest BCUT2D eigenvalue weighted by atomic mass is 19.1. The molecular weight excluding hydrogens is 299 g/mol. The lowest BCUT2D eigenvalue weighted by Crippen LogP contribution is -2.54. The lowest BCUT2D eigenvalue weighted by atomic mass is 10.1. The first-order chi connectivity index (χ1) is 11.1. The molecule has 1 aromatic carbocycles. The Balaban J connectivity index is 1.46. The Morgan fingerprint density at radius 3 is 2.87 bits per heavy atom. The van der Waals surface area contributed by atoms with Crippen molar-refractivity contribution in [3.05, 3.63) is 30.1 Å². The van der Waals surface area contributed by atoms with Crippen molar-refractivity contribution in [1.29, 1.82) is 0 Å². The Kier molecular flexibility index (Phi) is 5.00. The van der Waals surface area contributed by atoms with Gasteiger partial charge in [0, 0.05) is 6.54 Å². The first kappa shape index (κ1) is 16.1. The van der Waals surface area contributed by atoms with Gasteiger partial charge in [-0.2, -0.15) is 0 Å². The molecule has 2 fully saturated rings. The zero-order valence-corrected chi connectivity index (χ0v) is 13.3. The highest BCUT2D eigenvalue weighted by molar-refractivity contribution is 5.74. The molecule has 0 spiro atoms. The van der Waals surface area contributed by atoms with Crippen molar-refractivity contribution >= 4 is 6.03 Å². The Bertz CT molecular complexity index is 533. The van der Waals surface area contributed by atoms with Gasteiger partial charge in [-0.25, -0.2) is 9.18 Å². The normalized spacial score (nSPS) is 22.5. The third kappa shape index (κ3) is 4.34. The number of urea groups is 1. The fraction of sp³-hybridized carbons (Fsp3) is 0.588. The fourth-order valence-corrected chi connectivity index (χ4v) is 2.87. The van der Waals surface area contributed by atoms with Crippen LogP contribution in [0.1, 0.15) is 19.8 Å². The van der Waals surface area contributed by atoms with E-state index >= 15 is 0 Å². The first-order valence-corrected chi connectivity index (χ1v) is 8.18. The van der Waals surface area contributed by atoms with Crippen molar-refractivity contribution in [3.63, 3.8) is 0 Å². The summed E-state index contributed by atoms with van der Waals surface area (Å²) in [5, 5.41) is 2.93. The number of nitrogens with one attached hydrogen (secondary N) is 1. The summed E-state index contributed by atoms with van der Waals surface area (Å²) >= 11 is 0. The van der Waals surface area contributed by atoms with Gasteiger partial charge in [0.05, 0.1) is 25.8 Å². The van der Waals surface area contributed by atoms with Gasteiger partial charge < -0.3 is 19.7 Å². The molecule has 0 aromatic heterocycles. The maximum absolute atomic E-state index is 12.9. The lowest BCUT2D eigenvalue weighted by molar-refractivity contribution is 0.00431. The number of benzene rings is 1. The van der Waals surface area contributed by atoms with Gasteiger partial charge in [-0.05, 0) is 49.9 Å². The molecule has 1 aromatic rings. The molecule has 126 valence electrons. The van der Waals surface area contributed by atoms with Crippen molar-refractivity contribution < 1.29 is 18.7 Å². The zero-order chi connectivity index (χ0) is 16.2. The number of carbonyl (C=O) groups is 1. The number of halogens is 1. The van der Waals surface area contributed by atoms with Crippen LogP contribution in [0, 0.1) is 11.7 Å². The minimum atomic E-state index is -0.295. The molecule has 2 atom stereocenters. The van der Waals surface area contributed by atoms with Crippen molar-refractivity contribution in [3.8, 4) is 5.75 Å². The van der Waals surface area contributed by atoms with E-state index in [9.17, 15) is 9.18 Å². The fourth-order valence-electron chi connectivity index (χ4n) is 2.87. The third-order valence-corrected chi connectivity index (χ3v) is 4.28. The van der Waals surface area contributed by atoms with Gasteiger partial charge in [0.25, 0.3) is 0 Å². The average Bonchev–Trinajstić information content (AvgIpc) is 3.40. The number of rotatable bonds is 5. The molecule has 2 unspecified atom stereocenters. The van der Waals surface area contributed by atoms with Crippen molar-refractivity contribution in [2.24, 2.45) is 5.92 Å². The second kappa shape index (κ2) is 7.17. The monoisotopic (exact) mass is 322 g/mol. The molecule has 1 N–H and O–H groups in total. The van der Waals surface area contributed by atoms with Crippen LogP contribution in [-0.2, 0) is 4.74 Å². The molecule has 2 aliphatic rings. The molecule has 1 saturated heterocycles. The van der Waals surface area contributed by atoms with Crippen LogP contribution in [0.25, 0.3) is 0 Å². The molecule has 3 rings (SSSR count). The molecule has 0 radical (unpaired) electrons. The summed E-state index contributed by atoms with van der Waals surface area (Å²) in [7, 11) is 0. The smallest absolute Gasteiger partial charge is 0.317 e. The highest BCUT2D eigenvalue weighted by Crippen LogP contribution is 2.36. The summed E-state index contributed by atoms with van der Waals surface area (Å²) < 4.78 is 24.0. The minimum Gasteiger partial charge on any atom is -0.489 e. The van der Waals surface area contributed by atoms with Crippen molar-refractivity contribution in [1.82, 2.24) is 10.2 Å². The number of carbonyl (C=O) groups excluding carboxylic acids is 1. The van der Waals surface area contributed by atoms with Gasteiger partial charge in [-0.15, -0.1) is 0 Å². The largest absolute Gasteiger partial charge is 0.489 e. The van der Waals surface area contributed by atoms with Crippen molar-refractivity contribution in [2.45, 2.75) is 31.9 Å². The van der Waals surface area contributed by atoms with E-state index in [0.717, 1.165) is 0 Å². The maximum atomic E-state index is 12.9. The van der Waals surface area contributed by atoms with Gasteiger partial charge in [-0.1, -0.05) is 0 Å². The molecule has 2 amide bonds. The third-order valence-electron chi connectivity index (χ3n) is 4.28. The molecule has 1 aliphatic heterocycles. The van der Waals surface area contributed by atoms with E-state index in [-0.39, 0.29) is 24.0 Å². The second-order valence-electron chi connectivity index (χ2n) is 6.24. The van der Waals surface area contributed by atoms with Gasteiger partial charge >= 0.3 is 6.03 Å². The summed E-state index contributed by atoms with van der Waals surface area (Å²) in [6.07, 6.45) is 2.17. The number of hydrogen-bond donors (Lipinski definition) is 1. The van der Waals surface area contributed by atoms with E-state index in [1.807, 2.05) is 11.8 Å². The summed E-state index contributed by atoms with van der Waals surface area (Å²) in [6, 6.07) is 6.03. The SMILES string of the molecule is CC(CNC(=O)N1CCOCC1C1CC1)Oc1ccc(F)cc1. The minimum absolute atomic E-state index is 0.0558. The molecule has 1 aliphatic carbocycles. The topological polar surface area (TPSA) is 50.8 Å². The zero-order valence-electron chi connectivity index (χ0n) is 13.3. The molecule has 1 heterocycles. The lowest BCUT2D eigenvalue weighted by Gasteiger charge is -2.36. The summed E-state index contributed by atoms with van der Waals surface area (Å²) in [5.41, 5.74) is 0. The predicted molar refractivity (Wildman–Crippen MR) is 83.9 cm³/mol. The number of amides is 2. The van der Waals surface area contributed by atoms with Gasteiger partial charge in [0.1, 0.15) is 17.7 Å². The Morgan fingerprint density at radius 1 is 1.43 bits per heavy atom. The number of ether oxygens (including phenoxy) is 2. The molecule has 5 nitrogen and oxygen atoms in total. The summed E-state index contributed by atoms with van der Waals surface area (Å²) in [6.45, 7) is 4.16. The van der Waals surface area contributed by atoms with E-state index in [0.29, 0.717) is 38.0 Å². The van der Waals surface area contributed by atoms with Gasteiger partial charge in [0.2, 0.25) is 0 Å². The molecule has 0 bridgehead atoms. The summed E-state index contributed by atoms with van der Waals surface area (Å²) in [4.78, 5) is 14.3. The highest BCUT2D eigenvalue weighted by Gasteiger charge is 2.39. The predicted octanol–water partition coefficient (Wildman–Crippen LogP) is 2.41. The molecule has 6 heteroatoms. The van der Waals surface area contributed by atoms with Crippen LogP contribution in [0.3, 0.4) is 0 Å². The van der Waals surface area contributed by atoms with Crippen LogP contribution in [0.5, 0.6) is 5.75 Å². The molecular formula is C17H23FN2O3. The first-order valence-electron chi connectivity index (χ1n) is 8.18. The quantitative estimate of drug-likeness (QED) is 0.906. The molecule has 1 saturated carbocycles. The number of morpholine rings is 1. The van der Waals surface area contributed by atoms with E-state index in [2.05, 4.69) is 5.32 Å². The molecule has 23 heavy (non-hydrogen) atoms. The van der Waals surface area contributed by atoms with E-state index in [1.54, 1.807) is 12.1 Å². The Morgan fingerprint density at radius 2 is 2.17 bits per heavy atom. The van der Waals surface area contributed by atoms with E-state index < -0.39 is 0 Å². The number of hydrogen-bond acceptors (Lipinski definition) is 3. The van der Waals surface area contributed by atoms with Crippen LogP contribution in [-0.4, -0.2) is 49.4 Å². The number of nitrogens with zero attached hydrogens (tertiary/aromatic N) is 1. The summed E-state index contributed by atoms with van der Waals surface area (Å²) in [5.74, 6) is 0.890. The van der Waals surface area contributed by atoms with Crippen LogP contribution < -0.4 is 10.1 Å².